The van der Waals surface area contributed by atoms with E-state index in [0.717, 1.165) is 30.8 Å². The average Bonchev–Trinajstić information content (AvgIpc) is 3.54. The van der Waals surface area contributed by atoms with Crippen LogP contribution in [0, 0.1) is 0 Å². The Bertz CT molecular complexity index is 950. The molecule has 4 atom stereocenters. The highest BCUT2D eigenvalue weighted by molar-refractivity contribution is 5.21. The first-order valence-corrected chi connectivity index (χ1v) is 11.0. The number of rotatable bonds is 9. The lowest BCUT2D eigenvalue weighted by atomic mass is 10.1. The van der Waals surface area contributed by atoms with Gasteiger partial charge in [0.25, 0.3) is 0 Å². The Morgan fingerprint density at radius 1 is 0.968 bits per heavy atom. The molecule has 2 aliphatic rings. The lowest BCUT2D eigenvalue weighted by molar-refractivity contribution is 0.0620. The maximum atomic E-state index is 6.10. The van der Waals surface area contributed by atoms with Crippen molar-refractivity contribution in [2.75, 3.05) is 19.8 Å². The summed E-state index contributed by atoms with van der Waals surface area (Å²) in [5.41, 5.74) is 2.17. The van der Waals surface area contributed by atoms with Crippen molar-refractivity contribution in [3.63, 3.8) is 0 Å². The molecule has 0 unspecified atom stereocenters. The molecule has 0 saturated carbocycles. The van der Waals surface area contributed by atoms with E-state index in [1.165, 1.54) is 5.56 Å². The monoisotopic (exact) mass is 420 g/mol. The minimum Gasteiger partial charge on any atom is -0.487 e. The Morgan fingerprint density at radius 2 is 1.74 bits per heavy atom. The van der Waals surface area contributed by atoms with Crippen molar-refractivity contribution < 1.29 is 14.2 Å². The van der Waals surface area contributed by atoms with E-state index >= 15 is 0 Å². The van der Waals surface area contributed by atoms with Crippen LogP contribution < -0.4 is 10.1 Å². The molecule has 162 valence electrons. The van der Waals surface area contributed by atoms with E-state index in [0.29, 0.717) is 19.8 Å². The molecule has 31 heavy (non-hydrogen) atoms. The van der Waals surface area contributed by atoms with E-state index in [4.69, 9.17) is 14.2 Å². The molecule has 2 aliphatic heterocycles. The molecule has 0 radical (unpaired) electrons. The second kappa shape index (κ2) is 9.60. The maximum Gasteiger partial charge on any atom is 0.134 e. The summed E-state index contributed by atoms with van der Waals surface area (Å²) in [6, 6.07) is 20.6. The molecule has 7 nitrogen and oxygen atoms in total. The van der Waals surface area contributed by atoms with E-state index in [1.54, 1.807) is 0 Å². The lowest BCUT2D eigenvalue weighted by Gasteiger charge is -2.17. The van der Waals surface area contributed by atoms with Gasteiger partial charge >= 0.3 is 0 Å². The fourth-order valence-electron chi connectivity index (χ4n) is 4.32. The molecule has 1 N–H and O–H groups in total. The van der Waals surface area contributed by atoms with Crippen LogP contribution in [0.5, 0.6) is 5.75 Å². The highest BCUT2D eigenvalue weighted by atomic mass is 16.6. The van der Waals surface area contributed by atoms with Gasteiger partial charge in [0.2, 0.25) is 0 Å². The summed E-state index contributed by atoms with van der Waals surface area (Å²) in [5, 5.41) is 12.2. The van der Waals surface area contributed by atoms with Crippen LogP contribution in [0.3, 0.4) is 0 Å². The number of nitrogens with zero attached hydrogens (tertiary/aromatic N) is 3. The van der Waals surface area contributed by atoms with Crippen molar-refractivity contribution in [3.05, 3.63) is 78.1 Å². The first-order valence-electron chi connectivity index (χ1n) is 11.0. The molecular weight excluding hydrogens is 392 g/mol. The third-order valence-corrected chi connectivity index (χ3v) is 5.95. The summed E-state index contributed by atoms with van der Waals surface area (Å²) in [5.74, 6) is 0.821. The van der Waals surface area contributed by atoms with Gasteiger partial charge in [0, 0.05) is 0 Å². The van der Waals surface area contributed by atoms with Gasteiger partial charge in [0.15, 0.2) is 0 Å². The smallest absolute Gasteiger partial charge is 0.134 e. The van der Waals surface area contributed by atoms with Crippen molar-refractivity contribution in [1.82, 2.24) is 20.3 Å². The van der Waals surface area contributed by atoms with Crippen molar-refractivity contribution in [2.45, 2.75) is 43.7 Å². The molecule has 2 aromatic carbocycles. The number of hydrogen-bond donors (Lipinski definition) is 1. The quantitative estimate of drug-likeness (QED) is 0.537. The number of aryl methyl sites for hydroxylation is 1. The molecule has 1 aromatic heterocycles. The summed E-state index contributed by atoms with van der Waals surface area (Å²) in [6.45, 7) is 2.58. The van der Waals surface area contributed by atoms with Gasteiger partial charge in [-0.05, 0) is 37.1 Å². The topological polar surface area (TPSA) is 70.4 Å². The molecule has 2 fully saturated rings. The van der Waals surface area contributed by atoms with Crippen molar-refractivity contribution in [1.29, 1.82) is 0 Å². The first-order chi connectivity index (χ1) is 15.4. The van der Waals surface area contributed by atoms with Crippen molar-refractivity contribution >= 4 is 0 Å². The van der Waals surface area contributed by atoms with Crippen LogP contribution in [0.4, 0.5) is 0 Å². The summed E-state index contributed by atoms with van der Waals surface area (Å²) in [7, 11) is 0. The minimum atomic E-state index is -0.00350. The summed E-state index contributed by atoms with van der Waals surface area (Å²) >= 11 is 0. The van der Waals surface area contributed by atoms with Crippen LogP contribution in [0.1, 0.15) is 23.7 Å². The number of para-hydroxylation sites is 1. The Balaban J connectivity index is 1.10. The van der Waals surface area contributed by atoms with Gasteiger partial charge in [-0.25, -0.2) is 4.68 Å². The van der Waals surface area contributed by atoms with E-state index in [2.05, 4.69) is 46.0 Å². The van der Waals surface area contributed by atoms with Crippen LogP contribution in [0.2, 0.25) is 0 Å². The maximum absolute atomic E-state index is 6.10. The highest BCUT2D eigenvalue weighted by Gasteiger charge is 2.48. The van der Waals surface area contributed by atoms with Crippen molar-refractivity contribution in [2.24, 2.45) is 0 Å². The molecule has 0 spiro atoms. The second-order valence-electron chi connectivity index (χ2n) is 8.10. The van der Waals surface area contributed by atoms with Crippen LogP contribution in [-0.4, -0.2) is 53.0 Å². The standard InChI is InChI=1S/C24H28N4O3/c1-3-8-18(9-4-1)10-7-13-25-21-16-30-24-22(17-31-23(21)24)28-14-19(26-27-28)15-29-20-11-5-2-6-12-20/h1-6,8-9,11-12,14,21-25H,7,10,13,15-17H2/t21-,22+,23-,24+/m1/s1. The van der Waals surface area contributed by atoms with E-state index in [-0.39, 0.29) is 24.3 Å². The third-order valence-electron chi connectivity index (χ3n) is 5.95. The Labute approximate surface area is 182 Å². The molecule has 3 heterocycles. The van der Waals surface area contributed by atoms with Crippen LogP contribution in [-0.2, 0) is 22.5 Å². The van der Waals surface area contributed by atoms with E-state index in [1.807, 2.05) is 41.2 Å². The Kier molecular flexibility index (Phi) is 6.25. The normalized spacial score (nSPS) is 24.9. The van der Waals surface area contributed by atoms with Gasteiger partial charge in [0.05, 0.1) is 25.5 Å². The number of nitrogens with one attached hydrogen (secondary N) is 1. The largest absolute Gasteiger partial charge is 0.487 e. The molecule has 5 rings (SSSR count). The number of benzene rings is 2. The molecule has 0 aliphatic carbocycles. The van der Waals surface area contributed by atoms with Crippen molar-refractivity contribution in [3.8, 4) is 5.75 Å². The van der Waals surface area contributed by atoms with E-state index < -0.39 is 0 Å². The number of hydrogen-bond acceptors (Lipinski definition) is 6. The lowest BCUT2D eigenvalue weighted by Crippen LogP contribution is -2.41. The Hall–Kier alpha value is -2.74. The Morgan fingerprint density at radius 3 is 2.58 bits per heavy atom. The average molecular weight is 421 g/mol. The zero-order valence-electron chi connectivity index (χ0n) is 17.5. The first kappa shape index (κ1) is 20.2. The summed E-state index contributed by atoms with van der Waals surface area (Å²) in [4.78, 5) is 0. The molecule has 3 aromatic rings. The third kappa shape index (κ3) is 4.79. The van der Waals surface area contributed by atoms with Gasteiger partial charge in [-0.15, -0.1) is 5.10 Å². The van der Waals surface area contributed by atoms with Gasteiger partial charge in [-0.1, -0.05) is 53.7 Å². The fraction of sp³-hybridized carbons (Fsp3) is 0.417. The van der Waals surface area contributed by atoms with Gasteiger partial charge in [0.1, 0.15) is 36.3 Å². The van der Waals surface area contributed by atoms with E-state index in [9.17, 15) is 0 Å². The zero-order valence-corrected chi connectivity index (χ0v) is 17.5. The molecule has 7 heteroatoms. The highest BCUT2D eigenvalue weighted by Crippen LogP contribution is 2.34. The molecular formula is C24H28N4O3. The zero-order chi connectivity index (χ0) is 20.9. The number of fused-ring (bicyclic) bond motifs is 1. The second-order valence-corrected chi connectivity index (χ2v) is 8.10. The number of aromatic nitrogens is 3. The van der Waals surface area contributed by atoms with Gasteiger partial charge < -0.3 is 19.5 Å². The predicted molar refractivity (Wildman–Crippen MR) is 116 cm³/mol. The molecule has 2 saturated heterocycles. The SMILES string of the molecule is c1ccc(CCCN[C@@H]2CO[C@@H]3[C@@H]2OC[C@@H]3n2cc(COc3ccccc3)nn2)cc1. The molecule has 0 bridgehead atoms. The van der Waals surface area contributed by atoms with Crippen LogP contribution in [0.15, 0.2) is 66.9 Å². The fourth-order valence-corrected chi connectivity index (χ4v) is 4.32. The van der Waals surface area contributed by atoms with Gasteiger partial charge in [-0.3, -0.25) is 0 Å². The molecule has 0 amide bonds. The summed E-state index contributed by atoms with van der Waals surface area (Å²) in [6.07, 6.45) is 4.15. The van der Waals surface area contributed by atoms with Gasteiger partial charge in [-0.2, -0.15) is 0 Å². The minimum absolute atomic E-state index is 0.00350. The number of ether oxygens (including phenoxy) is 3. The summed E-state index contributed by atoms with van der Waals surface area (Å²) < 4.78 is 19.8. The van der Waals surface area contributed by atoms with Crippen LogP contribution >= 0.6 is 0 Å². The van der Waals surface area contributed by atoms with Crippen LogP contribution in [0.25, 0.3) is 0 Å². The predicted octanol–water partition coefficient (Wildman–Crippen LogP) is 2.79.